The van der Waals surface area contributed by atoms with E-state index in [1.54, 1.807) is 6.92 Å². The van der Waals surface area contributed by atoms with E-state index < -0.39 is 6.10 Å². The fourth-order valence-electron chi connectivity index (χ4n) is 1.78. The van der Waals surface area contributed by atoms with Crippen LogP contribution >= 0.6 is 15.9 Å². The van der Waals surface area contributed by atoms with Crippen molar-refractivity contribution in [3.05, 3.63) is 0 Å². The van der Waals surface area contributed by atoms with Crippen LogP contribution in [0.4, 0.5) is 0 Å². The summed E-state index contributed by atoms with van der Waals surface area (Å²) < 4.78 is 5.12. The third-order valence-corrected chi connectivity index (χ3v) is 3.37. The minimum atomic E-state index is -0.612. The molecule has 1 rings (SSSR count). The third kappa shape index (κ3) is 3.93. The summed E-state index contributed by atoms with van der Waals surface area (Å²) in [7, 11) is 0. The molecular formula is C11H17BrO3. The number of Topliss-reactive ketones (excluding diaryl/α,β-unsaturated/α-hetero) is 1. The van der Waals surface area contributed by atoms with Gasteiger partial charge in [-0.2, -0.15) is 0 Å². The number of esters is 1. The molecule has 1 fully saturated rings. The zero-order chi connectivity index (χ0) is 11.3. The first-order valence-electron chi connectivity index (χ1n) is 5.44. The molecule has 0 radical (unpaired) electrons. The average Bonchev–Trinajstić information content (AvgIpc) is 2.29. The fourth-order valence-corrected chi connectivity index (χ4v) is 2.24. The van der Waals surface area contributed by atoms with E-state index in [0.29, 0.717) is 0 Å². The van der Waals surface area contributed by atoms with Crippen LogP contribution in [0.5, 0.6) is 0 Å². The molecule has 3 nitrogen and oxygen atoms in total. The maximum absolute atomic E-state index is 11.6. The monoisotopic (exact) mass is 276 g/mol. The van der Waals surface area contributed by atoms with Crippen LogP contribution in [-0.2, 0) is 14.3 Å². The van der Waals surface area contributed by atoms with Crippen molar-refractivity contribution in [3.63, 3.8) is 0 Å². The van der Waals surface area contributed by atoms with Gasteiger partial charge in [0.1, 0.15) is 0 Å². The first-order valence-corrected chi connectivity index (χ1v) is 6.56. The summed E-state index contributed by atoms with van der Waals surface area (Å²) in [5, 5.41) is 0.242. The van der Waals surface area contributed by atoms with Gasteiger partial charge < -0.3 is 4.74 Å². The van der Waals surface area contributed by atoms with E-state index >= 15 is 0 Å². The molecule has 4 heteroatoms. The molecule has 0 aromatic rings. The Kier molecular flexibility index (Phi) is 5.29. The molecule has 0 amide bonds. The molecule has 0 spiro atoms. The highest BCUT2D eigenvalue weighted by atomic mass is 79.9. The fraction of sp³-hybridized carbons (Fsp3) is 0.818. The maximum Gasteiger partial charge on any atom is 0.309 e. The number of ether oxygens (including phenoxy) is 1. The van der Waals surface area contributed by atoms with Crippen LogP contribution in [0.2, 0.25) is 0 Å². The smallest absolute Gasteiger partial charge is 0.309 e. The zero-order valence-corrected chi connectivity index (χ0v) is 10.6. The minimum Gasteiger partial charge on any atom is -0.454 e. The van der Waals surface area contributed by atoms with Crippen molar-refractivity contribution in [2.45, 2.75) is 45.1 Å². The highest BCUT2D eigenvalue weighted by Gasteiger charge is 2.25. The second-order valence-electron chi connectivity index (χ2n) is 4.01. The minimum absolute atomic E-state index is 0.0179. The number of halogens is 1. The molecule has 1 atom stereocenters. The lowest BCUT2D eigenvalue weighted by Gasteiger charge is -2.21. The third-order valence-electron chi connectivity index (χ3n) is 2.82. The summed E-state index contributed by atoms with van der Waals surface area (Å²) in [6, 6.07) is 0. The van der Waals surface area contributed by atoms with Gasteiger partial charge in [-0.05, 0) is 19.8 Å². The molecule has 1 unspecified atom stereocenters. The molecule has 1 saturated carbocycles. The Balaban J connectivity index is 2.36. The molecule has 15 heavy (non-hydrogen) atoms. The van der Waals surface area contributed by atoms with Crippen molar-refractivity contribution in [1.29, 1.82) is 0 Å². The van der Waals surface area contributed by atoms with E-state index in [9.17, 15) is 9.59 Å². The first kappa shape index (κ1) is 12.7. The summed E-state index contributed by atoms with van der Waals surface area (Å²) in [5.74, 6) is -0.264. The number of carbonyl (C=O) groups is 2. The zero-order valence-electron chi connectivity index (χ0n) is 9.00. The summed E-state index contributed by atoms with van der Waals surface area (Å²) in [6.07, 6.45) is 4.61. The summed E-state index contributed by atoms with van der Waals surface area (Å²) >= 11 is 3.06. The van der Waals surface area contributed by atoms with Crippen LogP contribution in [-0.4, -0.2) is 23.2 Å². The maximum atomic E-state index is 11.6. The summed E-state index contributed by atoms with van der Waals surface area (Å²) in [4.78, 5) is 22.8. The van der Waals surface area contributed by atoms with Gasteiger partial charge in [-0.1, -0.05) is 35.2 Å². The number of hydrogen-bond acceptors (Lipinski definition) is 3. The molecule has 0 heterocycles. The molecule has 1 aliphatic rings. The van der Waals surface area contributed by atoms with Crippen molar-refractivity contribution in [2.24, 2.45) is 5.92 Å². The van der Waals surface area contributed by atoms with Crippen molar-refractivity contribution in [2.75, 3.05) is 5.33 Å². The molecule has 1 aliphatic carbocycles. The van der Waals surface area contributed by atoms with Crippen LogP contribution in [0.1, 0.15) is 39.0 Å². The molecule has 0 saturated heterocycles. The Morgan fingerprint density at radius 2 is 1.93 bits per heavy atom. The summed E-state index contributed by atoms with van der Waals surface area (Å²) in [5.41, 5.74) is 0. The van der Waals surface area contributed by atoms with Crippen LogP contribution in [0, 0.1) is 5.92 Å². The van der Waals surface area contributed by atoms with E-state index in [1.165, 1.54) is 6.42 Å². The lowest BCUT2D eigenvalue weighted by molar-refractivity contribution is -0.158. The lowest BCUT2D eigenvalue weighted by Crippen LogP contribution is -2.29. The van der Waals surface area contributed by atoms with E-state index in [2.05, 4.69) is 15.9 Å². The number of ketones is 1. The molecular weight excluding hydrogens is 260 g/mol. The Hall–Kier alpha value is -0.380. The van der Waals surface area contributed by atoms with Crippen molar-refractivity contribution >= 4 is 27.7 Å². The van der Waals surface area contributed by atoms with E-state index in [0.717, 1.165) is 25.7 Å². The van der Waals surface area contributed by atoms with Crippen molar-refractivity contribution in [1.82, 2.24) is 0 Å². The molecule has 0 aromatic heterocycles. The largest absolute Gasteiger partial charge is 0.454 e. The average molecular weight is 277 g/mol. The molecule has 0 aromatic carbocycles. The van der Waals surface area contributed by atoms with Gasteiger partial charge >= 0.3 is 5.97 Å². The van der Waals surface area contributed by atoms with E-state index in [1.807, 2.05) is 0 Å². The van der Waals surface area contributed by atoms with Crippen LogP contribution in [0.3, 0.4) is 0 Å². The molecule has 0 bridgehead atoms. The van der Waals surface area contributed by atoms with Gasteiger partial charge in [-0.25, -0.2) is 0 Å². The highest BCUT2D eigenvalue weighted by Crippen LogP contribution is 2.25. The Labute approximate surface area is 98.7 Å². The van der Waals surface area contributed by atoms with E-state index in [4.69, 9.17) is 4.74 Å². The predicted octanol–water partition coefficient (Wildman–Crippen LogP) is 2.46. The van der Waals surface area contributed by atoms with Gasteiger partial charge in [-0.15, -0.1) is 0 Å². The second-order valence-corrected chi connectivity index (χ2v) is 4.57. The first-order chi connectivity index (χ1) is 7.15. The molecule has 0 aliphatic heterocycles. The quantitative estimate of drug-likeness (QED) is 0.585. The van der Waals surface area contributed by atoms with Gasteiger partial charge in [0.15, 0.2) is 11.9 Å². The number of alkyl halides is 1. The lowest BCUT2D eigenvalue weighted by atomic mass is 9.89. The van der Waals surface area contributed by atoms with Gasteiger partial charge in [0.25, 0.3) is 0 Å². The Morgan fingerprint density at radius 3 is 2.47 bits per heavy atom. The standard InChI is InChI=1S/C11H17BrO3/c1-8(10(13)7-12)15-11(14)9-5-3-2-4-6-9/h8-9H,2-7H2,1H3. The van der Waals surface area contributed by atoms with Gasteiger partial charge in [0, 0.05) is 0 Å². The number of carbonyl (C=O) groups excluding carboxylic acids is 2. The van der Waals surface area contributed by atoms with Gasteiger partial charge in [0.2, 0.25) is 0 Å². The topological polar surface area (TPSA) is 43.4 Å². The Morgan fingerprint density at radius 1 is 1.33 bits per heavy atom. The van der Waals surface area contributed by atoms with Crippen molar-refractivity contribution < 1.29 is 14.3 Å². The highest BCUT2D eigenvalue weighted by molar-refractivity contribution is 9.09. The van der Waals surface area contributed by atoms with Crippen LogP contribution in [0.25, 0.3) is 0 Å². The van der Waals surface area contributed by atoms with Gasteiger partial charge in [0.05, 0.1) is 11.2 Å². The van der Waals surface area contributed by atoms with Crippen LogP contribution in [0.15, 0.2) is 0 Å². The number of rotatable bonds is 4. The molecule has 0 N–H and O–H groups in total. The van der Waals surface area contributed by atoms with Crippen molar-refractivity contribution in [3.8, 4) is 0 Å². The Bertz CT molecular complexity index is 234. The number of hydrogen-bond donors (Lipinski definition) is 0. The van der Waals surface area contributed by atoms with Gasteiger partial charge in [-0.3, -0.25) is 9.59 Å². The second kappa shape index (κ2) is 6.26. The van der Waals surface area contributed by atoms with E-state index in [-0.39, 0.29) is 23.0 Å². The SMILES string of the molecule is CC(OC(=O)C1CCCCC1)C(=O)CBr. The normalized spacial score (nSPS) is 19.6. The predicted molar refractivity (Wildman–Crippen MR) is 60.9 cm³/mol. The van der Waals surface area contributed by atoms with Crippen LogP contribution < -0.4 is 0 Å². The molecule has 86 valence electrons. The summed E-state index contributed by atoms with van der Waals surface area (Å²) in [6.45, 7) is 1.63.